The maximum atomic E-state index is 12.6. The fourth-order valence-corrected chi connectivity index (χ4v) is 1.61. The Bertz CT molecular complexity index is 343. The Labute approximate surface area is 88.5 Å². The molecule has 1 N–H and O–H groups in total. The Kier molecular flexibility index (Phi) is 2.99. The van der Waals surface area contributed by atoms with E-state index in [2.05, 4.69) is 5.32 Å². The van der Waals surface area contributed by atoms with Gasteiger partial charge in [0.15, 0.2) is 0 Å². The van der Waals surface area contributed by atoms with Crippen LogP contribution in [0.3, 0.4) is 0 Å². The molecule has 1 fully saturated rings. The Hall–Kier alpha value is -1.38. The summed E-state index contributed by atoms with van der Waals surface area (Å²) in [5, 5.41) is 2.86. The van der Waals surface area contributed by atoms with Gasteiger partial charge in [0, 0.05) is 12.5 Å². The van der Waals surface area contributed by atoms with Crippen LogP contribution in [-0.2, 0) is 11.3 Å². The third-order valence-electron chi connectivity index (χ3n) is 2.86. The second-order valence-electron chi connectivity index (χ2n) is 3.97. The molecule has 0 aliphatic heterocycles. The summed E-state index contributed by atoms with van der Waals surface area (Å²) in [7, 11) is 0. The molecule has 80 valence electrons. The van der Waals surface area contributed by atoms with Crippen molar-refractivity contribution in [2.45, 2.75) is 25.8 Å². The molecule has 15 heavy (non-hydrogen) atoms. The minimum atomic E-state index is -0.246. The average molecular weight is 207 g/mol. The predicted octanol–water partition coefficient (Wildman–Crippen LogP) is 2.24. The largest absolute Gasteiger partial charge is 0.352 e. The topological polar surface area (TPSA) is 29.1 Å². The van der Waals surface area contributed by atoms with Crippen molar-refractivity contribution in [1.82, 2.24) is 5.32 Å². The Morgan fingerprint density at radius 1 is 1.33 bits per heavy atom. The summed E-state index contributed by atoms with van der Waals surface area (Å²) in [4.78, 5) is 11.5. The minimum Gasteiger partial charge on any atom is -0.352 e. The van der Waals surface area contributed by atoms with Crippen LogP contribution >= 0.6 is 0 Å². The maximum Gasteiger partial charge on any atom is 0.223 e. The van der Waals surface area contributed by atoms with E-state index in [1.54, 1.807) is 12.1 Å². The van der Waals surface area contributed by atoms with E-state index in [4.69, 9.17) is 0 Å². The zero-order valence-electron chi connectivity index (χ0n) is 8.50. The van der Waals surface area contributed by atoms with Crippen molar-refractivity contribution in [3.63, 3.8) is 0 Å². The molecule has 1 aromatic carbocycles. The van der Waals surface area contributed by atoms with E-state index >= 15 is 0 Å². The molecule has 0 radical (unpaired) electrons. The van der Waals surface area contributed by atoms with Crippen LogP contribution in [0, 0.1) is 11.7 Å². The molecule has 1 aromatic rings. The lowest BCUT2D eigenvalue weighted by Crippen LogP contribution is -2.33. The predicted molar refractivity (Wildman–Crippen MR) is 55.6 cm³/mol. The van der Waals surface area contributed by atoms with Crippen molar-refractivity contribution in [2.24, 2.45) is 5.92 Å². The fourth-order valence-electron chi connectivity index (χ4n) is 1.61. The smallest absolute Gasteiger partial charge is 0.223 e. The van der Waals surface area contributed by atoms with E-state index in [0.717, 1.165) is 24.8 Å². The number of amides is 1. The van der Waals surface area contributed by atoms with Crippen LogP contribution < -0.4 is 5.32 Å². The van der Waals surface area contributed by atoms with Gasteiger partial charge in [-0.15, -0.1) is 0 Å². The number of benzene rings is 1. The van der Waals surface area contributed by atoms with E-state index in [-0.39, 0.29) is 17.6 Å². The maximum absolute atomic E-state index is 12.6. The minimum absolute atomic E-state index is 0.130. The number of nitrogens with one attached hydrogen (secondary N) is 1. The van der Waals surface area contributed by atoms with Gasteiger partial charge in [0.1, 0.15) is 5.82 Å². The highest BCUT2D eigenvalue weighted by Crippen LogP contribution is 2.26. The van der Waals surface area contributed by atoms with Gasteiger partial charge in [-0.2, -0.15) is 0 Å². The monoisotopic (exact) mass is 207 g/mol. The van der Waals surface area contributed by atoms with Gasteiger partial charge in [-0.1, -0.05) is 18.6 Å². The number of carbonyl (C=O) groups excluding carboxylic acids is 1. The van der Waals surface area contributed by atoms with E-state index in [9.17, 15) is 9.18 Å². The first kappa shape index (κ1) is 10.1. The number of carbonyl (C=O) groups is 1. The highest BCUT2D eigenvalue weighted by Gasteiger charge is 2.24. The molecule has 0 atom stereocenters. The summed E-state index contributed by atoms with van der Waals surface area (Å²) in [6.07, 6.45) is 3.18. The Morgan fingerprint density at radius 3 is 2.53 bits per heavy atom. The number of hydrogen-bond donors (Lipinski definition) is 1. The normalized spacial score (nSPS) is 15.8. The SMILES string of the molecule is O=C(NCc1ccc(F)cc1)C1CCC1. The molecule has 1 amide bonds. The van der Waals surface area contributed by atoms with Gasteiger partial charge in [-0.3, -0.25) is 4.79 Å². The van der Waals surface area contributed by atoms with Gasteiger partial charge < -0.3 is 5.32 Å². The second kappa shape index (κ2) is 4.43. The van der Waals surface area contributed by atoms with E-state index in [0.29, 0.717) is 6.54 Å². The van der Waals surface area contributed by atoms with E-state index < -0.39 is 0 Å². The van der Waals surface area contributed by atoms with Gasteiger partial charge in [0.2, 0.25) is 5.91 Å². The van der Waals surface area contributed by atoms with Crippen LogP contribution in [0.2, 0.25) is 0 Å². The fraction of sp³-hybridized carbons (Fsp3) is 0.417. The zero-order chi connectivity index (χ0) is 10.7. The molecule has 3 heteroatoms. The van der Waals surface area contributed by atoms with Crippen LogP contribution in [0.15, 0.2) is 24.3 Å². The quantitative estimate of drug-likeness (QED) is 0.809. The standard InChI is InChI=1S/C12H14FNO/c13-11-6-4-9(5-7-11)8-14-12(15)10-2-1-3-10/h4-7,10H,1-3,8H2,(H,14,15). The van der Waals surface area contributed by atoms with E-state index in [1.165, 1.54) is 12.1 Å². The van der Waals surface area contributed by atoms with Crippen LogP contribution in [0.1, 0.15) is 24.8 Å². The first-order valence-corrected chi connectivity index (χ1v) is 5.28. The first-order valence-electron chi connectivity index (χ1n) is 5.28. The van der Waals surface area contributed by atoms with Crippen molar-refractivity contribution in [3.8, 4) is 0 Å². The van der Waals surface area contributed by atoms with E-state index in [1.807, 2.05) is 0 Å². The van der Waals surface area contributed by atoms with Crippen LogP contribution in [0.4, 0.5) is 4.39 Å². The highest BCUT2D eigenvalue weighted by molar-refractivity contribution is 5.79. The Balaban J connectivity index is 1.82. The molecule has 0 bridgehead atoms. The molecule has 1 aliphatic carbocycles. The third kappa shape index (κ3) is 2.55. The molecule has 0 saturated heterocycles. The van der Waals surface area contributed by atoms with Gasteiger partial charge in [-0.25, -0.2) is 4.39 Å². The van der Waals surface area contributed by atoms with Crippen molar-refractivity contribution < 1.29 is 9.18 Å². The van der Waals surface area contributed by atoms with Crippen molar-refractivity contribution in [3.05, 3.63) is 35.6 Å². The molecule has 0 heterocycles. The first-order chi connectivity index (χ1) is 7.25. The Morgan fingerprint density at radius 2 is 2.00 bits per heavy atom. The highest BCUT2D eigenvalue weighted by atomic mass is 19.1. The molecular weight excluding hydrogens is 193 g/mol. The van der Waals surface area contributed by atoms with Gasteiger partial charge in [0.05, 0.1) is 0 Å². The number of halogens is 1. The lowest BCUT2D eigenvalue weighted by atomic mass is 9.85. The summed E-state index contributed by atoms with van der Waals surface area (Å²) in [5.74, 6) is 0.0973. The lowest BCUT2D eigenvalue weighted by molar-refractivity contribution is -0.127. The van der Waals surface area contributed by atoms with Crippen molar-refractivity contribution >= 4 is 5.91 Å². The summed E-state index contributed by atoms with van der Waals surface area (Å²) < 4.78 is 12.6. The number of hydrogen-bond acceptors (Lipinski definition) is 1. The van der Waals surface area contributed by atoms with Crippen molar-refractivity contribution in [1.29, 1.82) is 0 Å². The van der Waals surface area contributed by atoms with Gasteiger partial charge >= 0.3 is 0 Å². The summed E-state index contributed by atoms with van der Waals surface area (Å²) >= 11 is 0. The number of rotatable bonds is 3. The molecule has 1 saturated carbocycles. The third-order valence-corrected chi connectivity index (χ3v) is 2.86. The second-order valence-corrected chi connectivity index (χ2v) is 3.97. The van der Waals surface area contributed by atoms with Crippen LogP contribution in [0.25, 0.3) is 0 Å². The van der Waals surface area contributed by atoms with Gasteiger partial charge in [0.25, 0.3) is 0 Å². The molecule has 0 spiro atoms. The molecule has 2 rings (SSSR count). The summed E-state index contributed by atoms with van der Waals surface area (Å²) in [6.45, 7) is 0.496. The van der Waals surface area contributed by atoms with Crippen LogP contribution in [-0.4, -0.2) is 5.91 Å². The molecule has 0 aromatic heterocycles. The summed E-state index contributed by atoms with van der Waals surface area (Å²) in [5.41, 5.74) is 0.934. The van der Waals surface area contributed by atoms with Crippen LogP contribution in [0.5, 0.6) is 0 Å². The van der Waals surface area contributed by atoms with Gasteiger partial charge in [-0.05, 0) is 30.5 Å². The average Bonchev–Trinajstić information content (AvgIpc) is 2.14. The lowest BCUT2D eigenvalue weighted by Gasteiger charge is -2.24. The molecular formula is C12H14FNO. The summed E-state index contributed by atoms with van der Waals surface area (Å²) in [6, 6.07) is 6.20. The molecule has 0 unspecified atom stereocenters. The zero-order valence-corrected chi connectivity index (χ0v) is 8.50. The molecule has 1 aliphatic rings. The molecule has 2 nitrogen and oxygen atoms in total. The van der Waals surface area contributed by atoms with Crippen molar-refractivity contribution in [2.75, 3.05) is 0 Å².